The Morgan fingerprint density at radius 3 is 2.00 bits per heavy atom. The first-order valence-corrected chi connectivity index (χ1v) is 5.91. The lowest BCUT2D eigenvalue weighted by Gasteiger charge is -2.26. The lowest BCUT2D eigenvalue weighted by atomic mass is 9.92. The molecule has 7 heteroatoms. The Labute approximate surface area is 81.9 Å². The van der Waals surface area contributed by atoms with Crippen molar-refractivity contribution in [3.8, 4) is 0 Å². The van der Waals surface area contributed by atoms with Gasteiger partial charge in [0.25, 0.3) is 0 Å². The van der Waals surface area contributed by atoms with Crippen molar-refractivity contribution in [1.29, 1.82) is 0 Å². The number of carbonyl (C=O) groups is 2. The van der Waals surface area contributed by atoms with Crippen molar-refractivity contribution in [2.75, 3.05) is 11.5 Å². The molecule has 1 atom stereocenters. The van der Waals surface area contributed by atoms with Gasteiger partial charge in [0.2, 0.25) is 0 Å². The smallest absolute Gasteiger partial charge is 0.318 e. The molecule has 1 fully saturated rings. The van der Waals surface area contributed by atoms with Gasteiger partial charge in [-0.05, 0) is 6.42 Å². The van der Waals surface area contributed by atoms with E-state index in [4.69, 9.17) is 10.2 Å². The quantitative estimate of drug-likeness (QED) is 0.520. The van der Waals surface area contributed by atoms with E-state index in [0.29, 0.717) is 0 Å². The van der Waals surface area contributed by atoms with Crippen molar-refractivity contribution >= 4 is 22.5 Å². The van der Waals surface area contributed by atoms with Crippen molar-refractivity contribution in [2.45, 2.75) is 6.42 Å². The number of hydrogen-bond acceptors (Lipinski definition) is 4. The summed E-state index contributed by atoms with van der Waals surface area (Å²) in [7, 11) is -2.73. The fraction of sp³-hybridized carbons (Fsp3) is 0.714. The zero-order chi connectivity index (χ0) is 10.9. The van der Waals surface area contributed by atoms with E-state index in [9.17, 15) is 18.7 Å². The lowest BCUT2D eigenvalue weighted by molar-refractivity contribution is -0.156. The minimum Gasteiger partial charge on any atom is -0.481 e. The van der Waals surface area contributed by atoms with Crippen LogP contribution in [-0.4, -0.2) is 42.8 Å². The summed E-state index contributed by atoms with van der Waals surface area (Å²) in [5.74, 6) is -5.04. The van der Waals surface area contributed by atoms with E-state index in [-0.39, 0.29) is 17.9 Å². The van der Waals surface area contributed by atoms with Crippen LogP contribution in [0.25, 0.3) is 0 Å². The molecule has 6 nitrogen and oxygen atoms in total. The number of rotatable bonds is 3. The fourth-order valence-corrected chi connectivity index (χ4v) is 3.51. The largest absolute Gasteiger partial charge is 0.481 e. The van der Waals surface area contributed by atoms with Crippen LogP contribution in [0.3, 0.4) is 0 Å². The molecule has 0 aromatic heterocycles. The summed E-state index contributed by atoms with van der Waals surface area (Å²) in [5.41, 5.74) is 0. The van der Waals surface area contributed by atoms with E-state index >= 15 is 0 Å². The monoisotopic (exact) mass is 224 g/mol. The predicted molar refractivity (Wildman–Crippen MR) is 49.5 cm³/mol. The molecule has 4 N–H and O–H groups in total. The third kappa shape index (κ3) is 2.37. The third-order valence-electron chi connectivity index (χ3n) is 2.30. The topological polar surface area (TPSA) is 115 Å². The molecular weight excluding hydrogens is 212 g/mol. The van der Waals surface area contributed by atoms with E-state index in [0.717, 1.165) is 0 Å². The molecule has 0 spiro atoms. The summed E-state index contributed by atoms with van der Waals surface area (Å²) in [6, 6.07) is 0. The molecule has 0 aliphatic carbocycles. The Morgan fingerprint density at radius 1 is 1.21 bits per heavy atom. The molecule has 1 aliphatic rings. The molecule has 82 valence electrons. The average Bonchev–Trinajstić information content (AvgIpc) is 2.28. The van der Waals surface area contributed by atoms with Crippen LogP contribution in [0.2, 0.25) is 0 Å². The van der Waals surface area contributed by atoms with Gasteiger partial charge in [-0.1, -0.05) is 0 Å². The van der Waals surface area contributed by atoms with Gasteiger partial charge >= 0.3 is 11.9 Å². The highest BCUT2D eigenvalue weighted by atomic mass is 32.3. The minimum atomic E-state index is -2.73. The van der Waals surface area contributed by atoms with Gasteiger partial charge in [0.1, 0.15) is 0 Å². The van der Waals surface area contributed by atoms with Crippen LogP contribution in [0, 0.1) is 11.8 Å². The predicted octanol–water partition coefficient (Wildman–Crippen LogP) is 0.542. The maximum Gasteiger partial charge on any atom is 0.318 e. The van der Waals surface area contributed by atoms with Crippen LogP contribution in [0.5, 0.6) is 0 Å². The van der Waals surface area contributed by atoms with E-state index in [1.807, 2.05) is 0 Å². The van der Waals surface area contributed by atoms with Crippen molar-refractivity contribution in [3.05, 3.63) is 0 Å². The van der Waals surface area contributed by atoms with E-state index in [1.165, 1.54) is 0 Å². The maximum absolute atomic E-state index is 10.6. The summed E-state index contributed by atoms with van der Waals surface area (Å²) in [4.78, 5) is 21.2. The Hall–Kier alpha value is -0.790. The van der Waals surface area contributed by atoms with Crippen LogP contribution in [0.1, 0.15) is 6.42 Å². The van der Waals surface area contributed by atoms with Crippen molar-refractivity contribution in [1.82, 2.24) is 0 Å². The first-order chi connectivity index (χ1) is 6.33. The highest BCUT2D eigenvalue weighted by Crippen LogP contribution is 2.50. The Bertz CT molecular complexity index is 249. The molecule has 1 saturated heterocycles. The van der Waals surface area contributed by atoms with Gasteiger partial charge in [-0.25, -0.2) is 0 Å². The normalized spacial score (nSPS) is 27.5. The van der Waals surface area contributed by atoms with Gasteiger partial charge in [0.05, 0.1) is 0 Å². The van der Waals surface area contributed by atoms with Gasteiger partial charge in [0.15, 0.2) is 5.92 Å². The summed E-state index contributed by atoms with van der Waals surface area (Å²) < 4.78 is 18.5. The molecular formula is C7H12O6S. The van der Waals surface area contributed by atoms with Crippen LogP contribution in [0.4, 0.5) is 0 Å². The second-order valence-electron chi connectivity index (χ2n) is 3.38. The van der Waals surface area contributed by atoms with Gasteiger partial charge in [0, 0.05) is 17.4 Å². The number of aliphatic carboxylic acids is 2. The van der Waals surface area contributed by atoms with Crippen LogP contribution in [-0.2, 0) is 9.59 Å². The van der Waals surface area contributed by atoms with E-state index in [2.05, 4.69) is 0 Å². The molecule has 0 saturated carbocycles. The van der Waals surface area contributed by atoms with Gasteiger partial charge in [-0.15, -0.1) is 0 Å². The number of hydrogen-bond donors (Lipinski definition) is 4. The maximum atomic E-state index is 10.6. The fourth-order valence-electron chi connectivity index (χ4n) is 1.62. The van der Waals surface area contributed by atoms with E-state index < -0.39 is 34.4 Å². The molecule has 1 heterocycles. The Kier molecular flexibility index (Phi) is 3.03. The summed E-state index contributed by atoms with van der Waals surface area (Å²) in [5, 5.41) is 17.3. The van der Waals surface area contributed by atoms with Crippen molar-refractivity contribution in [2.24, 2.45) is 11.8 Å². The average molecular weight is 224 g/mol. The Balaban J connectivity index is 2.73. The highest BCUT2D eigenvalue weighted by Gasteiger charge is 2.41. The molecule has 0 bridgehead atoms. The van der Waals surface area contributed by atoms with Gasteiger partial charge in [-0.2, -0.15) is 10.6 Å². The van der Waals surface area contributed by atoms with E-state index in [1.54, 1.807) is 0 Å². The van der Waals surface area contributed by atoms with Crippen LogP contribution in [0.15, 0.2) is 0 Å². The minimum absolute atomic E-state index is 0.106. The first-order valence-electron chi connectivity index (χ1n) is 4.03. The first kappa shape index (κ1) is 11.3. The van der Waals surface area contributed by atoms with Crippen molar-refractivity contribution < 1.29 is 28.9 Å². The molecule has 0 aromatic rings. The highest BCUT2D eigenvalue weighted by molar-refractivity contribution is 8.24. The van der Waals surface area contributed by atoms with Crippen molar-refractivity contribution in [3.63, 3.8) is 0 Å². The molecule has 1 rings (SSSR count). The standard InChI is InChI=1S/C7H12O6S/c8-6(9)5(7(10)11)4-1-2-14(12,13)3-4/h4-5,12-13H,1-3H2,(H,8,9)(H,10,11). The summed E-state index contributed by atoms with van der Waals surface area (Å²) in [6.07, 6.45) is 0.242. The van der Waals surface area contributed by atoms with Gasteiger partial charge < -0.3 is 10.2 Å². The zero-order valence-electron chi connectivity index (χ0n) is 7.29. The zero-order valence-corrected chi connectivity index (χ0v) is 8.11. The molecule has 0 amide bonds. The third-order valence-corrected chi connectivity index (χ3v) is 4.15. The number of carboxylic acids is 2. The molecule has 0 aromatic carbocycles. The number of carboxylic acid groups (broad SMARTS) is 2. The SMILES string of the molecule is O=C(O)C(C(=O)O)C1CCS(O)(O)C1. The van der Waals surface area contributed by atoms with Crippen LogP contribution < -0.4 is 0 Å². The molecule has 0 radical (unpaired) electrons. The molecule has 14 heavy (non-hydrogen) atoms. The summed E-state index contributed by atoms with van der Waals surface area (Å²) in [6.45, 7) is 0. The Morgan fingerprint density at radius 2 is 1.71 bits per heavy atom. The molecule has 1 unspecified atom stereocenters. The molecule has 1 aliphatic heterocycles. The summed E-state index contributed by atoms with van der Waals surface area (Å²) >= 11 is 0. The lowest BCUT2D eigenvalue weighted by Crippen LogP contribution is -2.31. The van der Waals surface area contributed by atoms with Crippen LogP contribution >= 0.6 is 10.6 Å². The van der Waals surface area contributed by atoms with Gasteiger partial charge in [-0.3, -0.25) is 18.7 Å². The second-order valence-corrected chi connectivity index (χ2v) is 5.72. The second kappa shape index (κ2) is 3.76.